The molecule has 0 fully saturated rings. The van der Waals surface area contributed by atoms with Crippen LogP contribution < -0.4 is 0 Å². The predicted molar refractivity (Wildman–Crippen MR) is 63.6 cm³/mol. The van der Waals surface area contributed by atoms with E-state index in [2.05, 4.69) is 26.8 Å². The number of hydrogen-bond acceptors (Lipinski definition) is 3. The molecule has 3 nitrogen and oxygen atoms in total. The molecule has 0 aromatic carbocycles. The maximum absolute atomic E-state index is 11.2. The van der Waals surface area contributed by atoms with Crippen LogP contribution in [0.2, 0.25) is 0 Å². The Bertz CT molecular complexity index is 243. The molecule has 92 valence electrons. The standard InChI is InChI=1S/C13H23NO2/c1-5-16-13(15)8-12(9-14)7-11(4)6-10(2)3/h10-12H,5-8H2,1-4H3. The molecule has 0 aromatic rings. The normalized spacial score (nSPS) is 14.2. The Balaban J connectivity index is 4.01. The molecule has 3 heteroatoms. The van der Waals surface area contributed by atoms with E-state index < -0.39 is 0 Å². The number of carbonyl (C=O) groups excluding carboxylic acids is 1. The smallest absolute Gasteiger partial charge is 0.307 e. The van der Waals surface area contributed by atoms with Gasteiger partial charge < -0.3 is 4.74 Å². The second kappa shape index (κ2) is 8.15. The van der Waals surface area contributed by atoms with Gasteiger partial charge in [-0.3, -0.25) is 4.79 Å². The molecular weight excluding hydrogens is 202 g/mol. The van der Waals surface area contributed by atoms with Crippen molar-refractivity contribution in [1.29, 1.82) is 5.26 Å². The third-order valence-electron chi connectivity index (χ3n) is 2.46. The molecule has 0 N–H and O–H groups in total. The topological polar surface area (TPSA) is 50.1 Å². The lowest BCUT2D eigenvalue weighted by Crippen LogP contribution is -2.13. The minimum atomic E-state index is -0.259. The van der Waals surface area contributed by atoms with E-state index in [9.17, 15) is 4.79 Å². The average molecular weight is 225 g/mol. The average Bonchev–Trinajstić information content (AvgIpc) is 2.15. The zero-order chi connectivity index (χ0) is 12.6. The van der Waals surface area contributed by atoms with E-state index in [1.807, 2.05) is 0 Å². The molecule has 0 spiro atoms. The Hall–Kier alpha value is -1.04. The highest BCUT2D eigenvalue weighted by molar-refractivity contribution is 5.70. The predicted octanol–water partition coefficient (Wildman–Crippen LogP) is 3.15. The van der Waals surface area contributed by atoms with Gasteiger partial charge in [0.1, 0.15) is 0 Å². The van der Waals surface area contributed by atoms with Crippen molar-refractivity contribution in [2.45, 2.75) is 47.0 Å². The molecule has 0 saturated heterocycles. The van der Waals surface area contributed by atoms with Gasteiger partial charge in [0, 0.05) is 0 Å². The molecule has 0 radical (unpaired) electrons. The van der Waals surface area contributed by atoms with Gasteiger partial charge in [0.05, 0.1) is 25.0 Å². The number of carbonyl (C=O) groups is 1. The molecule has 0 rings (SSSR count). The molecule has 0 heterocycles. The van der Waals surface area contributed by atoms with Crippen molar-refractivity contribution in [2.24, 2.45) is 17.8 Å². The van der Waals surface area contributed by atoms with Gasteiger partial charge in [-0.25, -0.2) is 0 Å². The second-order valence-electron chi connectivity index (χ2n) is 4.81. The van der Waals surface area contributed by atoms with Crippen LogP contribution in [0.15, 0.2) is 0 Å². The van der Waals surface area contributed by atoms with Crippen LogP contribution in [0.3, 0.4) is 0 Å². The number of nitrogens with zero attached hydrogens (tertiary/aromatic N) is 1. The Morgan fingerprint density at radius 1 is 1.31 bits per heavy atom. The molecule has 0 aliphatic rings. The van der Waals surface area contributed by atoms with E-state index in [0.29, 0.717) is 18.4 Å². The van der Waals surface area contributed by atoms with E-state index >= 15 is 0 Å². The van der Waals surface area contributed by atoms with Crippen molar-refractivity contribution in [3.63, 3.8) is 0 Å². The number of nitriles is 1. The van der Waals surface area contributed by atoms with E-state index in [4.69, 9.17) is 10.00 Å². The zero-order valence-electron chi connectivity index (χ0n) is 10.8. The zero-order valence-corrected chi connectivity index (χ0v) is 10.8. The van der Waals surface area contributed by atoms with Crippen LogP contribution >= 0.6 is 0 Å². The molecule has 16 heavy (non-hydrogen) atoms. The van der Waals surface area contributed by atoms with Gasteiger partial charge in [0.15, 0.2) is 0 Å². The van der Waals surface area contributed by atoms with Crippen LogP contribution in [0.5, 0.6) is 0 Å². The molecule has 0 aliphatic carbocycles. The van der Waals surface area contributed by atoms with Crippen LogP contribution in [-0.4, -0.2) is 12.6 Å². The van der Waals surface area contributed by atoms with Crippen molar-refractivity contribution in [3.05, 3.63) is 0 Å². The monoisotopic (exact) mass is 225 g/mol. The number of hydrogen-bond donors (Lipinski definition) is 0. The highest BCUT2D eigenvalue weighted by atomic mass is 16.5. The molecular formula is C13H23NO2. The number of rotatable bonds is 7. The first kappa shape index (κ1) is 15.0. The van der Waals surface area contributed by atoms with Crippen molar-refractivity contribution in [2.75, 3.05) is 6.61 Å². The third-order valence-corrected chi connectivity index (χ3v) is 2.46. The fourth-order valence-corrected chi connectivity index (χ4v) is 1.99. The summed E-state index contributed by atoms with van der Waals surface area (Å²) in [6.07, 6.45) is 2.11. The largest absolute Gasteiger partial charge is 0.466 e. The molecule has 0 amide bonds. The molecule has 0 bridgehead atoms. The Morgan fingerprint density at radius 3 is 2.38 bits per heavy atom. The molecule has 0 aliphatic heterocycles. The quantitative estimate of drug-likeness (QED) is 0.625. The minimum Gasteiger partial charge on any atom is -0.466 e. The van der Waals surface area contributed by atoms with Gasteiger partial charge in [-0.1, -0.05) is 20.8 Å². The highest BCUT2D eigenvalue weighted by Crippen LogP contribution is 2.21. The first-order valence-corrected chi connectivity index (χ1v) is 6.04. The fraction of sp³-hybridized carbons (Fsp3) is 0.846. The SMILES string of the molecule is CCOC(=O)CC(C#N)CC(C)CC(C)C. The first-order chi connectivity index (χ1) is 7.49. The lowest BCUT2D eigenvalue weighted by Gasteiger charge is -2.16. The van der Waals surface area contributed by atoms with E-state index in [0.717, 1.165) is 12.8 Å². The summed E-state index contributed by atoms with van der Waals surface area (Å²) in [6.45, 7) is 8.64. The summed E-state index contributed by atoms with van der Waals surface area (Å²) in [6, 6.07) is 2.19. The first-order valence-electron chi connectivity index (χ1n) is 6.04. The number of ether oxygens (including phenoxy) is 1. The Kier molecular flexibility index (Phi) is 7.62. The van der Waals surface area contributed by atoms with Crippen molar-refractivity contribution in [1.82, 2.24) is 0 Å². The van der Waals surface area contributed by atoms with Crippen LogP contribution in [0.4, 0.5) is 0 Å². The molecule has 0 saturated carbocycles. The second-order valence-corrected chi connectivity index (χ2v) is 4.81. The fourth-order valence-electron chi connectivity index (χ4n) is 1.99. The van der Waals surface area contributed by atoms with Gasteiger partial charge in [-0.2, -0.15) is 5.26 Å². The van der Waals surface area contributed by atoms with E-state index in [1.165, 1.54) is 0 Å². The Morgan fingerprint density at radius 2 is 1.94 bits per heavy atom. The van der Waals surface area contributed by atoms with Crippen LogP contribution in [-0.2, 0) is 9.53 Å². The summed E-state index contributed by atoms with van der Waals surface area (Å²) < 4.78 is 4.85. The van der Waals surface area contributed by atoms with Crippen molar-refractivity contribution < 1.29 is 9.53 Å². The summed E-state index contributed by atoms with van der Waals surface area (Å²) in [5, 5.41) is 8.97. The van der Waals surface area contributed by atoms with Gasteiger partial charge in [0.25, 0.3) is 0 Å². The summed E-state index contributed by atoms with van der Waals surface area (Å²) in [5.41, 5.74) is 0. The van der Waals surface area contributed by atoms with E-state index in [-0.39, 0.29) is 18.3 Å². The Labute approximate surface area is 98.8 Å². The van der Waals surface area contributed by atoms with Gasteiger partial charge in [0.2, 0.25) is 0 Å². The van der Waals surface area contributed by atoms with Gasteiger partial charge >= 0.3 is 5.97 Å². The molecule has 0 aromatic heterocycles. The highest BCUT2D eigenvalue weighted by Gasteiger charge is 2.17. The maximum atomic E-state index is 11.2. The molecule has 2 atom stereocenters. The summed E-state index contributed by atoms with van der Waals surface area (Å²) in [5.74, 6) is 0.662. The van der Waals surface area contributed by atoms with Crippen LogP contribution in [0.25, 0.3) is 0 Å². The van der Waals surface area contributed by atoms with Gasteiger partial charge in [-0.15, -0.1) is 0 Å². The summed E-state index contributed by atoms with van der Waals surface area (Å²) in [7, 11) is 0. The van der Waals surface area contributed by atoms with Crippen molar-refractivity contribution in [3.8, 4) is 6.07 Å². The maximum Gasteiger partial charge on any atom is 0.307 e. The van der Waals surface area contributed by atoms with E-state index in [1.54, 1.807) is 6.92 Å². The minimum absolute atomic E-state index is 0.201. The third kappa shape index (κ3) is 7.28. The number of esters is 1. The summed E-state index contributed by atoms with van der Waals surface area (Å²) >= 11 is 0. The van der Waals surface area contributed by atoms with Crippen LogP contribution in [0.1, 0.15) is 47.0 Å². The van der Waals surface area contributed by atoms with Gasteiger partial charge in [-0.05, 0) is 31.6 Å². The lowest BCUT2D eigenvalue weighted by atomic mass is 9.88. The summed E-state index contributed by atoms with van der Waals surface area (Å²) in [4.78, 5) is 11.2. The lowest BCUT2D eigenvalue weighted by molar-refractivity contribution is -0.143. The van der Waals surface area contributed by atoms with Crippen molar-refractivity contribution >= 4 is 5.97 Å². The van der Waals surface area contributed by atoms with Crippen LogP contribution in [0, 0.1) is 29.1 Å². The molecule has 2 unspecified atom stereocenters.